The zero-order valence-electron chi connectivity index (χ0n) is 16.0. The molecule has 2 aromatic carbocycles. The summed E-state index contributed by atoms with van der Waals surface area (Å²) >= 11 is 0. The zero-order valence-corrected chi connectivity index (χ0v) is 16.0. The molecule has 1 aromatic heterocycles. The fraction of sp³-hybridized carbons (Fsp3) is 0.227. The fourth-order valence-corrected chi connectivity index (χ4v) is 3.06. The third-order valence-electron chi connectivity index (χ3n) is 4.72. The predicted octanol–water partition coefficient (Wildman–Crippen LogP) is 4.49. The van der Waals surface area contributed by atoms with Crippen molar-refractivity contribution >= 4 is 17.2 Å². The maximum Gasteiger partial charge on any atom is 0.291 e. The monoisotopic (exact) mass is 361 g/mol. The topological polar surface area (TPSA) is 64.0 Å². The summed E-state index contributed by atoms with van der Waals surface area (Å²) in [5, 5.41) is 7.69. The largest absolute Gasteiger partial charge is 0.350 e. The van der Waals surface area contributed by atoms with Gasteiger partial charge in [0.2, 0.25) is 0 Å². The standard InChI is InChI=1S/C22H23N3O2/c1-5-25-22(27)21(23-18-13-9-10-14(2)15(18)3)19(16(4)26)20(24-25)17-11-7-6-8-12-17/h6-13,23H,5H2,1-4H3. The van der Waals surface area contributed by atoms with Gasteiger partial charge in [-0.2, -0.15) is 5.10 Å². The van der Waals surface area contributed by atoms with Crippen molar-refractivity contribution in [2.24, 2.45) is 0 Å². The molecule has 5 nitrogen and oxygen atoms in total. The molecule has 0 radical (unpaired) electrons. The molecule has 3 aromatic rings. The molecule has 0 amide bonds. The van der Waals surface area contributed by atoms with Crippen LogP contribution in [0, 0.1) is 13.8 Å². The Morgan fingerprint density at radius 2 is 1.78 bits per heavy atom. The van der Waals surface area contributed by atoms with Crippen LogP contribution in [0.1, 0.15) is 35.3 Å². The van der Waals surface area contributed by atoms with Gasteiger partial charge < -0.3 is 5.32 Å². The fourth-order valence-electron chi connectivity index (χ4n) is 3.06. The van der Waals surface area contributed by atoms with E-state index in [1.54, 1.807) is 0 Å². The van der Waals surface area contributed by atoms with Gasteiger partial charge in [0.05, 0.1) is 5.56 Å². The number of nitrogens with zero attached hydrogens (tertiary/aromatic N) is 2. The van der Waals surface area contributed by atoms with Crippen molar-refractivity contribution in [3.63, 3.8) is 0 Å². The Hall–Kier alpha value is -3.21. The molecule has 0 saturated heterocycles. The van der Waals surface area contributed by atoms with Gasteiger partial charge in [0, 0.05) is 17.8 Å². The minimum Gasteiger partial charge on any atom is -0.350 e. The van der Waals surface area contributed by atoms with E-state index in [9.17, 15) is 9.59 Å². The van der Waals surface area contributed by atoms with Crippen molar-refractivity contribution in [2.75, 3.05) is 5.32 Å². The van der Waals surface area contributed by atoms with Crippen LogP contribution in [0.2, 0.25) is 0 Å². The van der Waals surface area contributed by atoms with Gasteiger partial charge in [0.15, 0.2) is 5.78 Å². The van der Waals surface area contributed by atoms with E-state index in [-0.39, 0.29) is 17.0 Å². The third kappa shape index (κ3) is 3.53. The summed E-state index contributed by atoms with van der Waals surface area (Å²) in [5.41, 5.74) is 4.55. The smallest absolute Gasteiger partial charge is 0.291 e. The highest BCUT2D eigenvalue weighted by Gasteiger charge is 2.22. The van der Waals surface area contributed by atoms with Crippen LogP contribution < -0.4 is 10.9 Å². The number of aromatic nitrogens is 2. The van der Waals surface area contributed by atoms with E-state index in [1.807, 2.05) is 69.3 Å². The van der Waals surface area contributed by atoms with Crippen LogP contribution in [0.3, 0.4) is 0 Å². The minimum absolute atomic E-state index is 0.200. The molecular weight excluding hydrogens is 338 g/mol. The predicted molar refractivity (Wildman–Crippen MR) is 109 cm³/mol. The first-order valence-electron chi connectivity index (χ1n) is 8.98. The van der Waals surface area contributed by atoms with Crippen molar-refractivity contribution in [3.05, 3.63) is 75.6 Å². The van der Waals surface area contributed by atoms with Crippen LogP contribution in [-0.2, 0) is 6.54 Å². The molecule has 3 rings (SSSR count). The van der Waals surface area contributed by atoms with Crippen LogP contribution in [0.15, 0.2) is 53.3 Å². The second-order valence-corrected chi connectivity index (χ2v) is 6.51. The van der Waals surface area contributed by atoms with Crippen molar-refractivity contribution in [1.29, 1.82) is 0 Å². The lowest BCUT2D eigenvalue weighted by atomic mass is 10.0. The second kappa shape index (κ2) is 7.58. The van der Waals surface area contributed by atoms with Gasteiger partial charge in [-0.05, 0) is 44.9 Å². The van der Waals surface area contributed by atoms with Crippen molar-refractivity contribution in [3.8, 4) is 11.3 Å². The first-order valence-corrected chi connectivity index (χ1v) is 8.98. The summed E-state index contributed by atoms with van der Waals surface area (Å²) < 4.78 is 1.39. The average Bonchev–Trinajstić information content (AvgIpc) is 2.67. The normalized spacial score (nSPS) is 10.7. The van der Waals surface area contributed by atoms with Gasteiger partial charge >= 0.3 is 0 Å². The molecule has 5 heteroatoms. The number of hydrogen-bond donors (Lipinski definition) is 1. The number of aryl methyl sites for hydroxylation is 2. The highest BCUT2D eigenvalue weighted by Crippen LogP contribution is 2.29. The van der Waals surface area contributed by atoms with E-state index >= 15 is 0 Å². The minimum atomic E-state index is -0.303. The molecule has 0 fully saturated rings. The van der Waals surface area contributed by atoms with E-state index in [4.69, 9.17) is 0 Å². The molecule has 0 spiro atoms. The molecular formula is C22H23N3O2. The van der Waals surface area contributed by atoms with E-state index in [0.29, 0.717) is 17.8 Å². The van der Waals surface area contributed by atoms with E-state index in [2.05, 4.69) is 10.4 Å². The van der Waals surface area contributed by atoms with Crippen LogP contribution in [0.25, 0.3) is 11.3 Å². The van der Waals surface area contributed by atoms with Crippen molar-refractivity contribution in [2.45, 2.75) is 34.2 Å². The van der Waals surface area contributed by atoms with E-state index < -0.39 is 0 Å². The number of Topliss-reactive ketones (excluding diaryl/α,β-unsaturated/α-hetero) is 1. The number of nitrogens with one attached hydrogen (secondary N) is 1. The van der Waals surface area contributed by atoms with Gasteiger partial charge in [-0.25, -0.2) is 4.68 Å². The summed E-state index contributed by atoms with van der Waals surface area (Å²) in [6.07, 6.45) is 0. The summed E-state index contributed by atoms with van der Waals surface area (Å²) in [6, 6.07) is 15.3. The van der Waals surface area contributed by atoms with Crippen LogP contribution in [0.5, 0.6) is 0 Å². The summed E-state index contributed by atoms with van der Waals surface area (Å²) in [4.78, 5) is 25.5. The van der Waals surface area contributed by atoms with E-state index in [1.165, 1.54) is 11.6 Å². The molecule has 1 heterocycles. The molecule has 0 unspecified atom stereocenters. The highest BCUT2D eigenvalue weighted by molar-refractivity contribution is 6.05. The number of hydrogen-bond acceptors (Lipinski definition) is 4. The van der Waals surface area contributed by atoms with Crippen LogP contribution in [0.4, 0.5) is 11.4 Å². The molecule has 27 heavy (non-hydrogen) atoms. The van der Waals surface area contributed by atoms with Crippen LogP contribution >= 0.6 is 0 Å². The first-order chi connectivity index (χ1) is 12.9. The quantitative estimate of drug-likeness (QED) is 0.680. The Kier molecular flexibility index (Phi) is 5.21. The Labute approximate surface area is 158 Å². The second-order valence-electron chi connectivity index (χ2n) is 6.51. The Morgan fingerprint density at radius 3 is 2.41 bits per heavy atom. The van der Waals surface area contributed by atoms with Gasteiger partial charge in [-0.1, -0.05) is 42.5 Å². The maximum atomic E-state index is 13.0. The van der Waals surface area contributed by atoms with Gasteiger partial charge in [0.1, 0.15) is 11.4 Å². The van der Waals surface area contributed by atoms with Gasteiger partial charge in [-0.3, -0.25) is 9.59 Å². The van der Waals surface area contributed by atoms with Gasteiger partial charge in [-0.15, -0.1) is 0 Å². The molecule has 0 aliphatic rings. The summed E-state index contributed by atoms with van der Waals surface area (Å²) in [7, 11) is 0. The summed E-state index contributed by atoms with van der Waals surface area (Å²) in [5.74, 6) is -0.200. The highest BCUT2D eigenvalue weighted by atomic mass is 16.1. The molecule has 0 aliphatic carbocycles. The molecule has 0 aliphatic heterocycles. The van der Waals surface area contributed by atoms with Crippen molar-refractivity contribution < 1.29 is 4.79 Å². The Balaban J connectivity index is 2.30. The molecule has 1 N–H and O–H groups in total. The van der Waals surface area contributed by atoms with Crippen LogP contribution in [-0.4, -0.2) is 15.6 Å². The van der Waals surface area contributed by atoms with Gasteiger partial charge in [0.25, 0.3) is 5.56 Å². The number of rotatable bonds is 5. The van der Waals surface area contributed by atoms with E-state index in [0.717, 1.165) is 22.4 Å². The number of carbonyl (C=O) groups excluding carboxylic acids is 1. The molecule has 0 saturated carbocycles. The SMILES string of the molecule is CCn1nc(-c2ccccc2)c(C(C)=O)c(Nc2cccc(C)c2C)c1=O. The maximum absolute atomic E-state index is 13.0. The van der Waals surface area contributed by atoms with Crippen molar-refractivity contribution in [1.82, 2.24) is 9.78 Å². The lowest BCUT2D eigenvalue weighted by Gasteiger charge is -2.17. The molecule has 138 valence electrons. The number of carbonyl (C=O) groups is 1. The number of benzene rings is 2. The Morgan fingerprint density at radius 1 is 1.07 bits per heavy atom. The number of anilines is 2. The lowest BCUT2D eigenvalue weighted by molar-refractivity contribution is 0.101. The third-order valence-corrected chi connectivity index (χ3v) is 4.72. The zero-order chi connectivity index (χ0) is 19.6. The number of ketones is 1. The average molecular weight is 361 g/mol. The molecule has 0 bridgehead atoms. The summed E-state index contributed by atoms with van der Waals surface area (Å²) in [6.45, 7) is 7.74. The molecule has 0 atom stereocenters. The first kappa shape index (κ1) is 18.6. The lowest BCUT2D eigenvalue weighted by Crippen LogP contribution is -2.28. The Bertz CT molecular complexity index is 1050.